The number of likely N-dealkylation sites (N-methyl/N-ethyl adjacent to an activating group) is 1. The molecule has 0 spiro atoms. The number of amides is 2. The molecule has 7 nitrogen and oxygen atoms in total. The van der Waals surface area contributed by atoms with Gasteiger partial charge < -0.3 is 10.2 Å². The van der Waals surface area contributed by atoms with Crippen molar-refractivity contribution < 1.29 is 18.0 Å². The summed E-state index contributed by atoms with van der Waals surface area (Å²) < 4.78 is 27.5. The van der Waals surface area contributed by atoms with Gasteiger partial charge in [0.05, 0.1) is 17.0 Å². The molecule has 0 unspecified atom stereocenters. The van der Waals surface area contributed by atoms with E-state index in [0.29, 0.717) is 11.0 Å². The van der Waals surface area contributed by atoms with Crippen LogP contribution in [0.5, 0.6) is 0 Å². The van der Waals surface area contributed by atoms with Gasteiger partial charge in [0.2, 0.25) is 15.9 Å². The van der Waals surface area contributed by atoms with E-state index in [-0.39, 0.29) is 28.8 Å². The Kier molecular flexibility index (Phi) is 7.37. The van der Waals surface area contributed by atoms with Gasteiger partial charge in [0.25, 0.3) is 5.91 Å². The molecular weight excluding hydrogens is 398 g/mol. The van der Waals surface area contributed by atoms with Gasteiger partial charge in [0, 0.05) is 25.1 Å². The molecule has 0 fully saturated rings. The molecule has 0 heterocycles. The average Bonchev–Trinajstić information content (AvgIpc) is 2.50. The lowest BCUT2D eigenvalue weighted by atomic mass is 10.2. The van der Waals surface area contributed by atoms with E-state index < -0.39 is 15.9 Å². The summed E-state index contributed by atoms with van der Waals surface area (Å²) in [5.74, 6) is -0.630. The van der Waals surface area contributed by atoms with Gasteiger partial charge in [-0.05, 0) is 40.0 Å². The van der Waals surface area contributed by atoms with Gasteiger partial charge in [-0.25, -0.2) is 13.1 Å². The number of sulfonamides is 1. The van der Waals surface area contributed by atoms with Gasteiger partial charge in [-0.1, -0.05) is 13.8 Å². The lowest BCUT2D eigenvalue weighted by Crippen LogP contribution is -2.36. The molecule has 2 amide bonds. The fraction of sp³-hybridized carbons (Fsp3) is 0.467. The van der Waals surface area contributed by atoms with E-state index in [1.807, 2.05) is 13.8 Å². The molecule has 0 aliphatic carbocycles. The highest BCUT2D eigenvalue weighted by Gasteiger charge is 2.19. The van der Waals surface area contributed by atoms with E-state index in [1.54, 1.807) is 14.1 Å². The lowest BCUT2D eigenvalue weighted by Gasteiger charge is -2.13. The third-order valence-electron chi connectivity index (χ3n) is 3.07. The van der Waals surface area contributed by atoms with Crippen LogP contribution in [-0.2, 0) is 14.8 Å². The van der Waals surface area contributed by atoms with E-state index in [1.165, 1.54) is 23.1 Å². The zero-order chi connectivity index (χ0) is 18.5. The van der Waals surface area contributed by atoms with E-state index in [4.69, 9.17) is 0 Å². The van der Waals surface area contributed by atoms with E-state index >= 15 is 0 Å². The molecular formula is C15H22BrN3O4S. The van der Waals surface area contributed by atoms with Crippen LogP contribution in [-0.4, -0.2) is 52.3 Å². The first-order chi connectivity index (χ1) is 11.0. The first kappa shape index (κ1) is 20.6. The second-order valence-corrected chi connectivity index (χ2v) is 8.48. The largest absolute Gasteiger partial charge is 0.347 e. The second kappa shape index (κ2) is 8.59. The molecule has 0 aliphatic rings. The first-order valence-corrected chi connectivity index (χ1v) is 9.59. The first-order valence-electron chi connectivity index (χ1n) is 7.32. The van der Waals surface area contributed by atoms with E-state index in [9.17, 15) is 18.0 Å². The van der Waals surface area contributed by atoms with Crippen molar-refractivity contribution >= 4 is 37.8 Å². The molecule has 0 aliphatic heterocycles. The molecule has 0 aromatic heterocycles. The Labute approximate surface area is 151 Å². The molecule has 0 bridgehead atoms. The molecule has 0 radical (unpaired) electrons. The minimum atomic E-state index is -3.70. The van der Waals surface area contributed by atoms with Crippen molar-refractivity contribution in [3.05, 3.63) is 28.2 Å². The van der Waals surface area contributed by atoms with Crippen LogP contribution in [0.15, 0.2) is 27.6 Å². The second-order valence-electron chi connectivity index (χ2n) is 5.86. The molecule has 24 heavy (non-hydrogen) atoms. The van der Waals surface area contributed by atoms with Gasteiger partial charge in [0.1, 0.15) is 0 Å². The van der Waals surface area contributed by atoms with Crippen LogP contribution in [0, 0.1) is 5.92 Å². The normalized spacial score (nSPS) is 11.4. The van der Waals surface area contributed by atoms with Crippen molar-refractivity contribution in [2.24, 2.45) is 5.92 Å². The van der Waals surface area contributed by atoms with Crippen molar-refractivity contribution in [3.63, 3.8) is 0 Å². The predicted molar refractivity (Wildman–Crippen MR) is 95.2 cm³/mol. The topological polar surface area (TPSA) is 95.6 Å². The van der Waals surface area contributed by atoms with Crippen LogP contribution in [0.4, 0.5) is 0 Å². The van der Waals surface area contributed by atoms with Crippen LogP contribution < -0.4 is 10.0 Å². The predicted octanol–water partition coefficient (Wildman–Crippen LogP) is 1.20. The molecule has 0 saturated heterocycles. The summed E-state index contributed by atoms with van der Waals surface area (Å²) in [4.78, 5) is 25.1. The molecule has 2 N–H and O–H groups in total. The summed E-state index contributed by atoms with van der Waals surface area (Å²) in [5.41, 5.74) is 0.147. The highest BCUT2D eigenvalue weighted by Crippen LogP contribution is 2.21. The number of nitrogens with one attached hydrogen (secondary N) is 2. The minimum absolute atomic E-state index is 0.00423. The van der Waals surface area contributed by atoms with E-state index in [0.717, 1.165) is 0 Å². The Morgan fingerprint density at radius 2 is 1.88 bits per heavy atom. The van der Waals surface area contributed by atoms with Gasteiger partial charge in [-0.2, -0.15) is 0 Å². The summed E-state index contributed by atoms with van der Waals surface area (Å²) >= 11 is 3.22. The van der Waals surface area contributed by atoms with Gasteiger partial charge in [-0.15, -0.1) is 0 Å². The van der Waals surface area contributed by atoms with Crippen LogP contribution >= 0.6 is 15.9 Å². The lowest BCUT2D eigenvalue weighted by molar-refractivity contribution is -0.127. The Morgan fingerprint density at radius 3 is 2.42 bits per heavy atom. The molecule has 9 heteroatoms. The van der Waals surface area contributed by atoms with Crippen molar-refractivity contribution in [2.75, 3.05) is 27.2 Å². The standard InChI is InChI=1S/C15H22BrN3O4S/c1-10(2)8-18-24(22,23)11-5-6-13(16)12(7-11)15(21)17-9-14(20)19(3)4/h5-7,10,18H,8-9H2,1-4H3,(H,17,21). The van der Waals surface area contributed by atoms with Crippen molar-refractivity contribution in [1.29, 1.82) is 0 Å². The summed E-state index contributed by atoms with van der Waals surface area (Å²) in [5, 5.41) is 2.47. The number of rotatable bonds is 7. The quantitative estimate of drug-likeness (QED) is 0.693. The monoisotopic (exact) mass is 419 g/mol. The molecule has 1 rings (SSSR count). The molecule has 0 saturated carbocycles. The van der Waals surface area contributed by atoms with Crippen molar-refractivity contribution in [2.45, 2.75) is 18.7 Å². The maximum atomic E-state index is 12.3. The Bertz CT molecular complexity index is 717. The Balaban J connectivity index is 2.97. The average molecular weight is 420 g/mol. The number of hydrogen-bond acceptors (Lipinski definition) is 4. The summed E-state index contributed by atoms with van der Waals surface area (Å²) in [6.45, 7) is 3.92. The Morgan fingerprint density at radius 1 is 1.25 bits per heavy atom. The van der Waals surface area contributed by atoms with Crippen molar-refractivity contribution in [3.8, 4) is 0 Å². The number of halogens is 1. The van der Waals surface area contributed by atoms with Crippen LogP contribution in [0.1, 0.15) is 24.2 Å². The highest BCUT2D eigenvalue weighted by atomic mass is 79.9. The third kappa shape index (κ3) is 5.88. The molecule has 1 aromatic carbocycles. The van der Waals surface area contributed by atoms with Gasteiger partial charge in [0.15, 0.2) is 0 Å². The minimum Gasteiger partial charge on any atom is -0.347 e. The van der Waals surface area contributed by atoms with Crippen molar-refractivity contribution in [1.82, 2.24) is 14.9 Å². The van der Waals surface area contributed by atoms with E-state index in [2.05, 4.69) is 26.0 Å². The maximum Gasteiger partial charge on any atom is 0.252 e. The maximum absolute atomic E-state index is 12.3. The SMILES string of the molecule is CC(C)CNS(=O)(=O)c1ccc(Br)c(C(=O)NCC(=O)N(C)C)c1. The number of nitrogens with zero attached hydrogens (tertiary/aromatic N) is 1. The van der Waals surface area contributed by atoms with Crippen LogP contribution in [0.25, 0.3) is 0 Å². The number of carbonyl (C=O) groups is 2. The Hall–Kier alpha value is -1.45. The van der Waals surface area contributed by atoms with Gasteiger partial charge >= 0.3 is 0 Å². The van der Waals surface area contributed by atoms with Crippen LogP contribution in [0.2, 0.25) is 0 Å². The third-order valence-corrected chi connectivity index (χ3v) is 5.19. The summed E-state index contributed by atoms with van der Waals surface area (Å²) in [7, 11) is -0.536. The number of benzene rings is 1. The molecule has 134 valence electrons. The fourth-order valence-electron chi connectivity index (χ4n) is 1.61. The zero-order valence-electron chi connectivity index (χ0n) is 14.1. The smallest absolute Gasteiger partial charge is 0.252 e. The van der Waals surface area contributed by atoms with Crippen LogP contribution in [0.3, 0.4) is 0 Å². The van der Waals surface area contributed by atoms with Gasteiger partial charge in [-0.3, -0.25) is 9.59 Å². The summed E-state index contributed by atoms with van der Waals surface area (Å²) in [6, 6.07) is 4.18. The molecule has 1 aromatic rings. The number of carbonyl (C=O) groups excluding carboxylic acids is 2. The summed E-state index contributed by atoms with van der Waals surface area (Å²) in [6.07, 6.45) is 0. The fourth-order valence-corrected chi connectivity index (χ4v) is 3.28. The highest BCUT2D eigenvalue weighted by molar-refractivity contribution is 9.10. The molecule has 0 atom stereocenters. The zero-order valence-corrected chi connectivity index (χ0v) is 16.5. The number of hydrogen-bond donors (Lipinski definition) is 2.